The van der Waals surface area contributed by atoms with E-state index in [0.29, 0.717) is 65.9 Å². The SMILES string of the molecule is Cc1csc(NC(=O)c2cccc3c2CN(c2ccc(-c4cnn(CC5CCCCC5)c4C)c(C(=O)NS(=O)(=O)CCCCCC(=O)OC(C)(C)C)n2)CC3)n1. The number of hydrogen-bond acceptors (Lipinski definition) is 11. The molecule has 4 heterocycles. The van der Waals surface area contributed by atoms with E-state index in [1.807, 2.05) is 53.1 Å². The third-order valence-corrected chi connectivity index (χ3v) is 12.5. The standard InChI is InChI=1S/C41H53N7O6S2/c1-27-26-55-40(43-27)45-38(50)32-16-12-15-30-20-21-47(25-34(30)32)35-19-18-31(33-23-42-48(28(33)2)24-29-13-8-6-9-14-29)37(44-35)39(51)46-56(52,53)22-11-7-10-17-36(49)54-41(3,4)5/h12,15-16,18-19,23,26,29H,6-11,13-14,17,20-22,24-25H2,1-5H3,(H,46,51)(H,43,45,50). The van der Waals surface area contributed by atoms with Gasteiger partial charge in [-0.2, -0.15) is 5.10 Å². The number of nitrogens with one attached hydrogen (secondary N) is 2. The van der Waals surface area contributed by atoms with Crippen LogP contribution in [0.5, 0.6) is 0 Å². The number of aryl methyl sites for hydroxylation is 1. The van der Waals surface area contributed by atoms with Crippen LogP contribution in [0, 0.1) is 19.8 Å². The summed E-state index contributed by atoms with van der Waals surface area (Å²) in [5.41, 5.74) is 4.75. The fourth-order valence-corrected chi connectivity index (χ4v) is 9.21. The van der Waals surface area contributed by atoms with E-state index in [4.69, 9.17) is 14.8 Å². The van der Waals surface area contributed by atoms with Crippen molar-refractivity contribution in [3.8, 4) is 11.1 Å². The molecule has 4 aromatic rings. The lowest BCUT2D eigenvalue weighted by Crippen LogP contribution is -2.35. The summed E-state index contributed by atoms with van der Waals surface area (Å²) in [6.45, 7) is 11.0. The summed E-state index contributed by atoms with van der Waals surface area (Å²) in [5.74, 6) is -0.667. The first kappa shape index (κ1) is 41.0. The number of unbranched alkanes of at least 4 members (excludes halogenated alkanes) is 2. The van der Waals surface area contributed by atoms with Gasteiger partial charge in [0, 0.05) is 53.8 Å². The number of carbonyl (C=O) groups excluding carboxylic acids is 3. The van der Waals surface area contributed by atoms with Gasteiger partial charge in [0.05, 0.1) is 17.6 Å². The predicted molar refractivity (Wildman–Crippen MR) is 218 cm³/mol. The summed E-state index contributed by atoms with van der Waals surface area (Å²) in [4.78, 5) is 50.8. The summed E-state index contributed by atoms with van der Waals surface area (Å²) >= 11 is 1.37. The molecule has 15 heteroatoms. The summed E-state index contributed by atoms with van der Waals surface area (Å²) in [6.07, 6.45) is 9.79. The van der Waals surface area contributed by atoms with Gasteiger partial charge < -0.3 is 9.64 Å². The molecule has 3 aromatic heterocycles. The molecule has 0 atom stereocenters. The Morgan fingerprint density at radius 2 is 1.75 bits per heavy atom. The second-order valence-electron chi connectivity index (χ2n) is 15.9. The summed E-state index contributed by atoms with van der Waals surface area (Å²) < 4.78 is 36.2. The predicted octanol–water partition coefficient (Wildman–Crippen LogP) is 7.38. The lowest BCUT2D eigenvalue weighted by Gasteiger charge is -2.31. The van der Waals surface area contributed by atoms with E-state index in [0.717, 1.165) is 41.9 Å². The Labute approximate surface area is 333 Å². The molecule has 1 aliphatic carbocycles. The van der Waals surface area contributed by atoms with Crippen LogP contribution in [0.1, 0.15) is 122 Å². The number of anilines is 2. The van der Waals surface area contributed by atoms with Crippen molar-refractivity contribution in [2.45, 2.75) is 118 Å². The van der Waals surface area contributed by atoms with Crippen LogP contribution in [0.25, 0.3) is 11.1 Å². The lowest BCUT2D eigenvalue weighted by atomic mass is 9.89. The van der Waals surface area contributed by atoms with E-state index < -0.39 is 21.5 Å². The number of benzene rings is 1. The largest absolute Gasteiger partial charge is 0.460 e. The summed E-state index contributed by atoms with van der Waals surface area (Å²) in [6, 6.07) is 9.35. The molecule has 0 radical (unpaired) electrons. The Morgan fingerprint density at radius 3 is 2.48 bits per heavy atom. The maximum atomic E-state index is 14.0. The van der Waals surface area contributed by atoms with Crippen molar-refractivity contribution in [3.05, 3.63) is 75.7 Å². The van der Waals surface area contributed by atoms with Crippen molar-refractivity contribution in [3.63, 3.8) is 0 Å². The maximum absolute atomic E-state index is 14.0. The number of pyridine rings is 1. The molecule has 13 nitrogen and oxygen atoms in total. The fourth-order valence-electron chi connectivity index (χ4n) is 7.46. The van der Waals surface area contributed by atoms with E-state index in [-0.39, 0.29) is 36.2 Å². The van der Waals surface area contributed by atoms with E-state index in [1.165, 1.54) is 30.6 Å². The monoisotopic (exact) mass is 803 g/mol. The molecule has 0 spiro atoms. The van der Waals surface area contributed by atoms with Crippen molar-refractivity contribution in [2.75, 3.05) is 22.5 Å². The number of esters is 1. The molecule has 2 amide bonds. The van der Waals surface area contributed by atoms with Crippen LogP contribution in [0.4, 0.5) is 10.9 Å². The van der Waals surface area contributed by atoms with E-state index in [1.54, 1.807) is 33.0 Å². The summed E-state index contributed by atoms with van der Waals surface area (Å²) in [7, 11) is -4.04. The summed E-state index contributed by atoms with van der Waals surface area (Å²) in [5, 5.41) is 10.0. The van der Waals surface area contributed by atoms with Crippen molar-refractivity contribution >= 4 is 50.1 Å². The molecule has 1 fully saturated rings. The number of carbonyl (C=O) groups is 3. The quantitative estimate of drug-likeness (QED) is 0.0971. The van der Waals surface area contributed by atoms with Crippen LogP contribution < -0.4 is 14.9 Å². The minimum atomic E-state index is -4.04. The average molecular weight is 804 g/mol. The van der Waals surface area contributed by atoms with Gasteiger partial charge in [0.25, 0.3) is 11.8 Å². The molecule has 2 N–H and O–H groups in total. The normalized spacial score (nSPS) is 15.0. The number of thiazole rings is 1. The second kappa shape index (κ2) is 17.7. The van der Waals surface area contributed by atoms with Gasteiger partial charge in [0.2, 0.25) is 10.0 Å². The minimum Gasteiger partial charge on any atom is -0.460 e. The van der Waals surface area contributed by atoms with Gasteiger partial charge in [-0.15, -0.1) is 11.3 Å². The highest BCUT2D eigenvalue weighted by molar-refractivity contribution is 7.90. The Bertz CT molecular complexity index is 2170. The zero-order valence-corrected chi connectivity index (χ0v) is 34.7. The van der Waals surface area contributed by atoms with Crippen molar-refractivity contribution < 1.29 is 27.5 Å². The van der Waals surface area contributed by atoms with Gasteiger partial charge in [-0.1, -0.05) is 37.8 Å². The zero-order chi connectivity index (χ0) is 40.0. The van der Waals surface area contributed by atoms with Crippen molar-refractivity contribution in [1.29, 1.82) is 0 Å². The molecule has 0 saturated heterocycles. The van der Waals surface area contributed by atoms with Crippen LogP contribution in [0.15, 0.2) is 41.9 Å². The fraction of sp³-hybridized carbons (Fsp3) is 0.512. The molecule has 2 aliphatic rings. The molecule has 0 bridgehead atoms. The van der Waals surface area contributed by atoms with Crippen LogP contribution in [-0.2, 0) is 39.1 Å². The average Bonchev–Trinajstić information content (AvgIpc) is 3.73. The number of sulfonamides is 1. The van der Waals surface area contributed by atoms with Gasteiger partial charge in [0.1, 0.15) is 17.1 Å². The highest BCUT2D eigenvalue weighted by Crippen LogP contribution is 2.33. The Kier molecular flexibility index (Phi) is 12.9. The van der Waals surface area contributed by atoms with Crippen LogP contribution >= 0.6 is 11.3 Å². The van der Waals surface area contributed by atoms with Crippen molar-refractivity contribution in [1.82, 2.24) is 24.5 Å². The third kappa shape index (κ3) is 10.6. The van der Waals surface area contributed by atoms with Gasteiger partial charge in [0.15, 0.2) is 5.13 Å². The Hall–Kier alpha value is -4.63. The number of amides is 2. The first-order chi connectivity index (χ1) is 26.7. The van der Waals surface area contributed by atoms with E-state index >= 15 is 0 Å². The lowest BCUT2D eigenvalue weighted by molar-refractivity contribution is -0.154. The number of aromatic nitrogens is 4. The molecule has 0 unspecified atom stereocenters. The van der Waals surface area contributed by atoms with E-state index in [9.17, 15) is 22.8 Å². The molecule has 6 rings (SSSR count). The minimum absolute atomic E-state index is 0.0210. The number of ether oxygens (including phenoxy) is 1. The Morgan fingerprint density at radius 1 is 0.964 bits per heavy atom. The smallest absolute Gasteiger partial charge is 0.306 e. The third-order valence-electron chi connectivity index (χ3n) is 10.3. The van der Waals surface area contributed by atoms with Crippen LogP contribution in [0.3, 0.4) is 0 Å². The molecule has 1 saturated carbocycles. The molecule has 1 aliphatic heterocycles. The van der Waals surface area contributed by atoms with Crippen molar-refractivity contribution in [2.24, 2.45) is 5.92 Å². The molecular formula is C41H53N7O6S2. The first-order valence-corrected chi connectivity index (χ1v) is 22.1. The maximum Gasteiger partial charge on any atom is 0.306 e. The number of fused-ring (bicyclic) bond motifs is 1. The van der Waals surface area contributed by atoms with Crippen LogP contribution in [0.2, 0.25) is 0 Å². The van der Waals surface area contributed by atoms with Crippen LogP contribution in [-0.4, -0.2) is 63.8 Å². The van der Waals surface area contributed by atoms with Gasteiger partial charge in [-0.3, -0.25) is 24.4 Å². The highest BCUT2D eigenvalue weighted by Gasteiger charge is 2.28. The second-order valence-corrected chi connectivity index (χ2v) is 18.6. The molecule has 56 heavy (non-hydrogen) atoms. The zero-order valence-electron chi connectivity index (χ0n) is 33.0. The number of nitrogens with zero attached hydrogens (tertiary/aromatic N) is 5. The Balaban J connectivity index is 1.23. The van der Waals surface area contributed by atoms with Gasteiger partial charge in [-0.25, -0.2) is 23.1 Å². The van der Waals surface area contributed by atoms with Gasteiger partial charge in [-0.05, 0) is 102 Å². The highest BCUT2D eigenvalue weighted by atomic mass is 32.2. The number of hydrogen-bond donors (Lipinski definition) is 2. The van der Waals surface area contributed by atoms with Gasteiger partial charge >= 0.3 is 5.97 Å². The van der Waals surface area contributed by atoms with E-state index in [2.05, 4.69) is 15.0 Å². The topological polar surface area (TPSA) is 165 Å². The first-order valence-electron chi connectivity index (χ1n) is 19.6. The molecule has 1 aromatic carbocycles. The molecule has 300 valence electrons. The molecular weight excluding hydrogens is 751 g/mol. The number of rotatable bonds is 14.